The Morgan fingerprint density at radius 1 is 0.457 bits per heavy atom. The summed E-state index contributed by atoms with van der Waals surface area (Å²) in [5.41, 5.74) is 11.9. The zero-order valence-electron chi connectivity index (χ0n) is 25.5. The fourth-order valence-corrected chi connectivity index (χ4v) is 7.94. The quantitative estimate of drug-likeness (QED) is 0.205. The molecule has 1 aliphatic rings. The van der Waals surface area contributed by atoms with Gasteiger partial charge in [0.25, 0.3) is 0 Å². The minimum Gasteiger partial charge on any atom is -0.455 e. The molecule has 0 radical (unpaired) electrons. The number of anilines is 3. The normalized spacial score (nSPS) is 13.6. The summed E-state index contributed by atoms with van der Waals surface area (Å²) in [5.74, 6) is 0. The van der Waals surface area contributed by atoms with Crippen molar-refractivity contribution in [3.8, 4) is 11.1 Å². The van der Waals surface area contributed by atoms with Crippen molar-refractivity contribution in [3.05, 3.63) is 151 Å². The van der Waals surface area contributed by atoms with Crippen LogP contribution < -0.4 is 4.90 Å². The second-order valence-electron chi connectivity index (χ2n) is 12.9. The van der Waals surface area contributed by atoms with Crippen LogP contribution in [0.2, 0.25) is 0 Å². The van der Waals surface area contributed by atoms with E-state index in [1.54, 1.807) is 0 Å². The number of hydrogen-bond donors (Lipinski definition) is 0. The molecular weight excluding hydrogens is 562 g/mol. The summed E-state index contributed by atoms with van der Waals surface area (Å²) in [6, 6.07) is 49.7. The Bertz CT molecular complexity index is 2670. The largest absolute Gasteiger partial charge is 0.455 e. The van der Waals surface area contributed by atoms with Crippen molar-refractivity contribution in [2.45, 2.75) is 19.3 Å². The van der Waals surface area contributed by atoms with E-state index in [-0.39, 0.29) is 5.41 Å². The van der Waals surface area contributed by atoms with Crippen LogP contribution in [0.15, 0.2) is 148 Å². The average Bonchev–Trinajstić information content (AvgIpc) is 3.74. The van der Waals surface area contributed by atoms with Gasteiger partial charge in [0.1, 0.15) is 22.3 Å². The molecule has 218 valence electrons. The summed E-state index contributed by atoms with van der Waals surface area (Å²) in [6.45, 7) is 4.68. The van der Waals surface area contributed by atoms with Crippen LogP contribution in [0.3, 0.4) is 0 Å². The Morgan fingerprint density at radius 2 is 1.07 bits per heavy atom. The third-order valence-electron chi connectivity index (χ3n) is 10.0. The van der Waals surface area contributed by atoms with Crippen LogP contribution in [0.4, 0.5) is 17.1 Å². The van der Waals surface area contributed by atoms with Gasteiger partial charge >= 0.3 is 0 Å². The van der Waals surface area contributed by atoms with E-state index in [2.05, 4.69) is 140 Å². The monoisotopic (exact) mass is 591 g/mol. The van der Waals surface area contributed by atoms with Crippen LogP contribution in [0.5, 0.6) is 0 Å². The smallest absolute Gasteiger partial charge is 0.149 e. The Balaban J connectivity index is 1.34. The van der Waals surface area contributed by atoms with Crippen molar-refractivity contribution in [2.24, 2.45) is 0 Å². The highest BCUT2D eigenvalue weighted by Gasteiger charge is 2.36. The number of hydrogen-bond acceptors (Lipinski definition) is 3. The Hall–Kier alpha value is -5.80. The van der Waals surface area contributed by atoms with Crippen LogP contribution in [0.25, 0.3) is 65.8 Å². The molecule has 3 nitrogen and oxygen atoms in total. The van der Waals surface area contributed by atoms with Crippen LogP contribution >= 0.6 is 0 Å². The highest BCUT2D eigenvalue weighted by Crippen LogP contribution is 2.52. The molecule has 0 unspecified atom stereocenters. The van der Waals surface area contributed by atoms with Gasteiger partial charge in [0.05, 0.1) is 16.5 Å². The molecule has 0 aliphatic heterocycles. The first-order valence-corrected chi connectivity index (χ1v) is 15.9. The molecule has 1 aliphatic carbocycles. The number of furan rings is 2. The fourth-order valence-electron chi connectivity index (χ4n) is 7.94. The lowest BCUT2D eigenvalue weighted by atomic mass is 9.82. The fraction of sp³-hybridized carbons (Fsp3) is 0.0698. The topological polar surface area (TPSA) is 29.5 Å². The highest BCUT2D eigenvalue weighted by molar-refractivity contribution is 6.35. The van der Waals surface area contributed by atoms with Crippen molar-refractivity contribution in [2.75, 3.05) is 4.90 Å². The first-order valence-electron chi connectivity index (χ1n) is 15.9. The van der Waals surface area contributed by atoms with Gasteiger partial charge < -0.3 is 13.7 Å². The predicted octanol–water partition coefficient (Wildman–Crippen LogP) is 12.4. The third-order valence-corrected chi connectivity index (χ3v) is 10.0. The van der Waals surface area contributed by atoms with Crippen LogP contribution in [0.1, 0.15) is 25.0 Å². The molecular formula is C43H29NO2. The van der Waals surface area contributed by atoms with Gasteiger partial charge in [-0.05, 0) is 70.1 Å². The van der Waals surface area contributed by atoms with E-state index >= 15 is 0 Å². The molecule has 3 heteroatoms. The number of benzene rings is 7. The molecule has 0 atom stereocenters. The number of para-hydroxylation sites is 3. The zero-order valence-corrected chi connectivity index (χ0v) is 25.5. The summed E-state index contributed by atoms with van der Waals surface area (Å²) in [5, 5.41) is 6.47. The van der Waals surface area contributed by atoms with Gasteiger partial charge in [0, 0.05) is 32.9 Å². The zero-order chi connectivity index (χ0) is 30.6. The lowest BCUT2D eigenvalue weighted by Gasteiger charge is -2.29. The number of fused-ring (bicyclic) bond motifs is 13. The Morgan fingerprint density at radius 3 is 1.85 bits per heavy atom. The average molecular weight is 592 g/mol. The lowest BCUT2D eigenvalue weighted by molar-refractivity contribution is 0.660. The van der Waals surface area contributed by atoms with E-state index in [9.17, 15) is 0 Å². The van der Waals surface area contributed by atoms with Crippen molar-refractivity contribution >= 4 is 71.7 Å². The van der Waals surface area contributed by atoms with Gasteiger partial charge in [0.15, 0.2) is 0 Å². The van der Waals surface area contributed by atoms with Crippen LogP contribution in [-0.4, -0.2) is 0 Å². The molecule has 0 N–H and O–H groups in total. The number of rotatable bonds is 3. The second-order valence-corrected chi connectivity index (χ2v) is 12.9. The first kappa shape index (κ1) is 25.5. The van der Waals surface area contributed by atoms with Gasteiger partial charge in [-0.25, -0.2) is 0 Å². The standard InChI is InChI=1S/C43H29NO2/c1-43(2)33-19-9-6-15-28(33)29-24-23-27(25-34(29)43)44(26-13-4-3-5-14-26)35-20-12-18-32-38-30-16-7-10-21-36(30)45-41(38)40-31-17-8-11-22-37(31)46-42(40)39(32)35/h3-25H,1-2H3. The molecule has 0 spiro atoms. The second kappa shape index (κ2) is 9.12. The van der Waals surface area contributed by atoms with E-state index in [0.29, 0.717) is 0 Å². The van der Waals surface area contributed by atoms with Crippen molar-refractivity contribution < 1.29 is 8.83 Å². The molecule has 0 saturated heterocycles. The van der Waals surface area contributed by atoms with Crippen molar-refractivity contribution in [1.29, 1.82) is 0 Å². The summed E-state index contributed by atoms with van der Waals surface area (Å²) in [6.07, 6.45) is 0. The van der Waals surface area contributed by atoms with Crippen molar-refractivity contribution in [3.63, 3.8) is 0 Å². The minimum atomic E-state index is -0.114. The lowest BCUT2D eigenvalue weighted by Crippen LogP contribution is -2.16. The van der Waals surface area contributed by atoms with E-state index < -0.39 is 0 Å². The van der Waals surface area contributed by atoms with E-state index in [4.69, 9.17) is 8.83 Å². The molecule has 0 amide bonds. The van der Waals surface area contributed by atoms with E-state index in [1.807, 2.05) is 18.2 Å². The van der Waals surface area contributed by atoms with Gasteiger partial charge in [-0.1, -0.05) is 111 Å². The molecule has 0 fully saturated rings. The van der Waals surface area contributed by atoms with Crippen molar-refractivity contribution in [1.82, 2.24) is 0 Å². The molecule has 46 heavy (non-hydrogen) atoms. The minimum absolute atomic E-state index is 0.114. The SMILES string of the molecule is CC1(C)c2ccccc2-c2ccc(N(c3ccccc3)c3cccc4c3c3oc5ccccc5c3c3oc5ccccc5c43)cc21. The van der Waals surface area contributed by atoms with Gasteiger partial charge in [-0.3, -0.25) is 0 Å². The first-order chi connectivity index (χ1) is 22.6. The highest BCUT2D eigenvalue weighted by atomic mass is 16.3. The van der Waals surface area contributed by atoms with E-state index in [0.717, 1.165) is 71.7 Å². The maximum atomic E-state index is 6.80. The summed E-state index contributed by atoms with van der Waals surface area (Å²) < 4.78 is 13.4. The summed E-state index contributed by atoms with van der Waals surface area (Å²) in [4.78, 5) is 2.39. The van der Waals surface area contributed by atoms with Gasteiger partial charge in [-0.15, -0.1) is 0 Å². The Kier molecular flexibility index (Phi) is 5.06. The predicted molar refractivity (Wildman–Crippen MR) is 191 cm³/mol. The molecule has 9 aromatic rings. The molecule has 2 heterocycles. The van der Waals surface area contributed by atoms with Gasteiger partial charge in [-0.2, -0.15) is 0 Å². The summed E-state index contributed by atoms with van der Waals surface area (Å²) in [7, 11) is 0. The maximum absolute atomic E-state index is 6.80. The molecule has 2 aromatic heterocycles. The molecule has 7 aromatic carbocycles. The van der Waals surface area contributed by atoms with Crippen LogP contribution in [0, 0.1) is 0 Å². The molecule has 0 saturated carbocycles. The number of nitrogens with zero attached hydrogens (tertiary/aromatic N) is 1. The third kappa shape index (κ3) is 3.32. The van der Waals surface area contributed by atoms with E-state index in [1.165, 1.54) is 22.3 Å². The van der Waals surface area contributed by atoms with Gasteiger partial charge in [0.2, 0.25) is 0 Å². The maximum Gasteiger partial charge on any atom is 0.149 e. The Labute approximate surface area is 265 Å². The molecule has 10 rings (SSSR count). The molecule has 0 bridgehead atoms. The summed E-state index contributed by atoms with van der Waals surface area (Å²) >= 11 is 0. The van der Waals surface area contributed by atoms with Crippen LogP contribution in [-0.2, 0) is 5.41 Å².